The van der Waals surface area contributed by atoms with Gasteiger partial charge in [-0.25, -0.2) is 0 Å². The minimum absolute atomic E-state index is 0.0588. The molecule has 1 aliphatic heterocycles. The lowest BCUT2D eigenvalue weighted by Gasteiger charge is -2.33. The largest absolute Gasteiger partial charge is 0.345 e. The van der Waals surface area contributed by atoms with Gasteiger partial charge in [-0.1, -0.05) is 48.5 Å². The maximum absolute atomic E-state index is 13.2. The third-order valence-electron chi connectivity index (χ3n) is 6.50. The van der Waals surface area contributed by atoms with Crippen molar-refractivity contribution >= 4 is 28.3 Å². The second-order valence-corrected chi connectivity index (χ2v) is 8.96. The number of anilines is 1. The molecule has 1 aliphatic rings. The molecule has 1 heterocycles. The first kappa shape index (κ1) is 22.0. The molecule has 5 heteroatoms. The average molecular weight is 430 g/mol. The molecule has 0 spiro atoms. The number of rotatable bonds is 5. The molecule has 0 unspecified atom stereocenters. The lowest BCUT2D eigenvalue weighted by atomic mass is 9.90. The van der Waals surface area contributed by atoms with Crippen LogP contribution in [-0.2, 0) is 4.79 Å². The molecule has 32 heavy (non-hydrogen) atoms. The van der Waals surface area contributed by atoms with Crippen molar-refractivity contribution in [1.29, 1.82) is 0 Å². The van der Waals surface area contributed by atoms with Crippen molar-refractivity contribution < 1.29 is 9.59 Å². The second-order valence-electron chi connectivity index (χ2n) is 8.96. The molecule has 0 radical (unpaired) electrons. The lowest BCUT2D eigenvalue weighted by molar-refractivity contribution is -0.122. The Morgan fingerprint density at radius 1 is 1.03 bits per heavy atom. The lowest BCUT2D eigenvalue weighted by Crippen LogP contribution is -2.54. The van der Waals surface area contributed by atoms with Gasteiger partial charge in [0.05, 0.1) is 11.6 Å². The topological polar surface area (TPSA) is 70.2 Å². The summed E-state index contributed by atoms with van der Waals surface area (Å²) in [5, 5.41) is 11.7. The highest BCUT2D eigenvalue weighted by Gasteiger charge is 2.34. The molecular formula is C27H31N3O2. The zero-order valence-corrected chi connectivity index (χ0v) is 19.0. The highest BCUT2D eigenvalue weighted by Crippen LogP contribution is 2.26. The van der Waals surface area contributed by atoms with Gasteiger partial charge in [0.25, 0.3) is 5.91 Å². The fourth-order valence-corrected chi connectivity index (χ4v) is 4.44. The van der Waals surface area contributed by atoms with Gasteiger partial charge in [-0.15, -0.1) is 0 Å². The highest BCUT2D eigenvalue weighted by molar-refractivity contribution is 6.01. The van der Waals surface area contributed by atoms with Crippen molar-refractivity contribution in [1.82, 2.24) is 10.6 Å². The van der Waals surface area contributed by atoms with Gasteiger partial charge in [-0.3, -0.25) is 9.59 Å². The average Bonchev–Trinajstić information content (AvgIpc) is 2.80. The van der Waals surface area contributed by atoms with Crippen molar-refractivity contribution in [2.75, 3.05) is 11.9 Å². The number of carbonyl (C=O) groups is 2. The van der Waals surface area contributed by atoms with Crippen LogP contribution in [0.4, 0.5) is 5.69 Å². The maximum Gasteiger partial charge on any atom is 0.252 e. The zero-order chi connectivity index (χ0) is 22.7. The summed E-state index contributed by atoms with van der Waals surface area (Å²) in [6.07, 6.45) is 2.93. The van der Waals surface area contributed by atoms with E-state index in [2.05, 4.69) is 40.2 Å². The molecule has 0 saturated carbocycles. The van der Waals surface area contributed by atoms with E-state index in [0.29, 0.717) is 11.3 Å². The van der Waals surface area contributed by atoms with Crippen LogP contribution in [0.2, 0.25) is 0 Å². The molecule has 1 saturated heterocycles. The monoisotopic (exact) mass is 429 g/mol. The van der Waals surface area contributed by atoms with E-state index in [1.807, 2.05) is 51.1 Å². The number of carbonyl (C=O) groups excluding carboxylic acids is 2. The summed E-state index contributed by atoms with van der Waals surface area (Å²) in [6.45, 7) is 6.69. The fraction of sp³-hybridized carbons (Fsp3) is 0.333. The molecule has 0 bridgehead atoms. The first-order valence-corrected chi connectivity index (χ1v) is 11.3. The van der Waals surface area contributed by atoms with Gasteiger partial charge >= 0.3 is 0 Å². The Morgan fingerprint density at radius 2 is 1.81 bits per heavy atom. The minimum Gasteiger partial charge on any atom is -0.345 e. The highest BCUT2D eigenvalue weighted by atomic mass is 16.2. The number of benzene rings is 3. The van der Waals surface area contributed by atoms with E-state index in [-0.39, 0.29) is 17.9 Å². The molecule has 3 aromatic rings. The molecule has 3 N–H and O–H groups in total. The molecule has 5 nitrogen and oxygen atoms in total. The molecule has 0 aliphatic carbocycles. The van der Waals surface area contributed by atoms with E-state index < -0.39 is 5.54 Å². The molecule has 3 aromatic carbocycles. The van der Waals surface area contributed by atoms with E-state index in [4.69, 9.17) is 0 Å². The number of amides is 2. The van der Waals surface area contributed by atoms with Crippen LogP contribution in [0.3, 0.4) is 0 Å². The van der Waals surface area contributed by atoms with Crippen molar-refractivity contribution in [3.63, 3.8) is 0 Å². The van der Waals surface area contributed by atoms with Crippen molar-refractivity contribution in [2.45, 2.75) is 51.6 Å². The number of piperidine rings is 1. The SMILES string of the molecule is Cc1ccc(NC(=O)[C@@]2(C)CCCCN2)cc1C(=O)N[C@H](C)c1cccc2ccccc12. The van der Waals surface area contributed by atoms with Crippen molar-refractivity contribution in [3.05, 3.63) is 77.4 Å². The van der Waals surface area contributed by atoms with Gasteiger partial charge in [-0.05, 0) is 80.6 Å². The summed E-state index contributed by atoms with van der Waals surface area (Å²) in [7, 11) is 0. The molecule has 4 rings (SSSR count). The van der Waals surface area contributed by atoms with Crippen LogP contribution in [0.5, 0.6) is 0 Å². The Kier molecular flexibility index (Phi) is 6.28. The molecule has 1 fully saturated rings. The summed E-state index contributed by atoms with van der Waals surface area (Å²) < 4.78 is 0. The molecule has 166 valence electrons. The predicted octanol–water partition coefficient (Wildman–Crippen LogP) is 5.11. The van der Waals surface area contributed by atoms with Crippen LogP contribution in [-0.4, -0.2) is 23.9 Å². The normalized spacial score (nSPS) is 19.3. The maximum atomic E-state index is 13.2. The van der Waals surface area contributed by atoms with E-state index >= 15 is 0 Å². The van der Waals surface area contributed by atoms with Crippen LogP contribution in [0.25, 0.3) is 10.8 Å². The summed E-state index contributed by atoms with van der Waals surface area (Å²) >= 11 is 0. The number of hydrogen-bond donors (Lipinski definition) is 3. The summed E-state index contributed by atoms with van der Waals surface area (Å²) in [4.78, 5) is 26.0. The van der Waals surface area contributed by atoms with Gasteiger partial charge in [-0.2, -0.15) is 0 Å². The van der Waals surface area contributed by atoms with Crippen LogP contribution in [0, 0.1) is 6.92 Å². The quantitative estimate of drug-likeness (QED) is 0.528. The van der Waals surface area contributed by atoms with Gasteiger partial charge in [0.2, 0.25) is 5.91 Å². The van der Waals surface area contributed by atoms with Crippen LogP contribution in [0.1, 0.15) is 60.6 Å². The smallest absolute Gasteiger partial charge is 0.252 e. The Hall–Kier alpha value is -3.18. The first-order chi connectivity index (χ1) is 15.4. The Balaban J connectivity index is 1.51. The number of fused-ring (bicyclic) bond motifs is 1. The third kappa shape index (κ3) is 4.53. The molecular weight excluding hydrogens is 398 g/mol. The predicted molar refractivity (Wildman–Crippen MR) is 130 cm³/mol. The third-order valence-corrected chi connectivity index (χ3v) is 6.50. The first-order valence-electron chi connectivity index (χ1n) is 11.3. The number of aryl methyl sites for hydroxylation is 1. The Bertz CT molecular complexity index is 1140. The molecule has 2 atom stereocenters. The minimum atomic E-state index is -0.575. The number of hydrogen-bond acceptors (Lipinski definition) is 3. The van der Waals surface area contributed by atoms with Gasteiger partial charge in [0, 0.05) is 11.3 Å². The Morgan fingerprint density at radius 3 is 2.59 bits per heavy atom. The summed E-state index contributed by atoms with van der Waals surface area (Å²) in [5.41, 5.74) is 2.57. The van der Waals surface area contributed by atoms with E-state index in [1.54, 1.807) is 6.07 Å². The molecule has 0 aromatic heterocycles. The van der Waals surface area contributed by atoms with Crippen molar-refractivity contribution in [3.8, 4) is 0 Å². The van der Waals surface area contributed by atoms with Gasteiger partial charge in [0.15, 0.2) is 0 Å². The van der Waals surface area contributed by atoms with E-state index in [9.17, 15) is 9.59 Å². The van der Waals surface area contributed by atoms with Gasteiger partial charge < -0.3 is 16.0 Å². The fourth-order valence-electron chi connectivity index (χ4n) is 4.44. The summed E-state index contributed by atoms with van der Waals surface area (Å²) in [6, 6.07) is 19.7. The van der Waals surface area contributed by atoms with E-state index in [0.717, 1.165) is 47.7 Å². The van der Waals surface area contributed by atoms with Crippen LogP contribution in [0.15, 0.2) is 60.7 Å². The second kappa shape index (κ2) is 9.13. The molecule has 2 amide bonds. The van der Waals surface area contributed by atoms with Crippen molar-refractivity contribution in [2.24, 2.45) is 0 Å². The zero-order valence-electron chi connectivity index (χ0n) is 19.0. The van der Waals surface area contributed by atoms with Crippen LogP contribution >= 0.6 is 0 Å². The number of nitrogens with one attached hydrogen (secondary N) is 3. The Labute approximate surface area is 189 Å². The van der Waals surface area contributed by atoms with Crippen LogP contribution < -0.4 is 16.0 Å². The standard InChI is InChI=1S/C27H31N3O2/c1-18-13-14-21(30-26(32)27(3)15-6-7-16-28-27)17-24(18)25(31)29-19(2)22-12-8-10-20-9-4-5-11-23(20)22/h4-5,8-14,17,19,28H,6-7,15-16H2,1-3H3,(H,29,31)(H,30,32)/t19-,27-/m1/s1. The summed E-state index contributed by atoms with van der Waals surface area (Å²) in [5.74, 6) is -0.211. The van der Waals surface area contributed by atoms with E-state index in [1.165, 1.54) is 0 Å². The van der Waals surface area contributed by atoms with Gasteiger partial charge in [0.1, 0.15) is 0 Å².